The molecule has 1 aromatic rings. The zero-order valence-electron chi connectivity index (χ0n) is 9.17. The first-order valence-electron chi connectivity index (χ1n) is 5.05. The van der Waals surface area contributed by atoms with Crippen LogP contribution in [0.3, 0.4) is 0 Å². The molecule has 0 bridgehead atoms. The molecule has 0 atom stereocenters. The van der Waals surface area contributed by atoms with Crippen LogP contribution in [0.25, 0.3) is 6.08 Å². The fourth-order valence-electron chi connectivity index (χ4n) is 1.52. The second-order valence-electron chi connectivity index (χ2n) is 4.28. The van der Waals surface area contributed by atoms with Gasteiger partial charge in [0.25, 0.3) is 0 Å². The molecule has 1 aliphatic heterocycles. The van der Waals surface area contributed by atoms with Crippen molar-refractivity contribution in [1.82, 2.24) is 10.9 Å². The number of hydrazine groups is 1. The summed E-state index contributed by atoms with van der Waals surface area (Å²) in [5.41, 5.74) is 6.66. The van der Waals surface area contributed by atoms with E-state index in [1.165, 1.54) is 0 Å². The molecule has 0 unspecified atom stereocenters. The van der Waals surface area contributed by atoms with Gasteiger partial charge in [-0.25, -0.2) is 0 Å². The molecule has 4 heteroatoms. The molecule has 1 fully saturated rings. The number of hydrogen-bond acceptors (Lipinski definition) is 2. The third kappa shape index (κ3) is 1.78. The van der Waals surface area contributed by atoms with Gasteiger partial charge in [0.05, 0.1) is 5.41 Å². The Hall–Kier alpha value is -1.48. The van der Waals surface area contributed by atoms with E-state index < -0.39 is 5.41 Å². The number of amides is 1. The minimum Gasteiger partial charge on any atom is -0.302 e. The van der Waals surface area contributed by atoms with E-state index in [1.54, 1.807) is 0 Å². The van der Waals surface area contributed by atoms with Gasteiger partial charge in [0.15, 0.2) is 0 Å². The molecule has 16 heavy (non-hydrogen) atoms. The van der Waals surface area contributed by atoms with Crippen molar-refractivity contribution in [3.05, 3.63) is 40.5 Å². The summed E-state index contributed by atoms with van der Waals surface area (Å²) in [6.07, 6.45) is 1.89. The lowest BCUT2D eigenvalue weighted by Gasteiger charge is -2.14. The van der Waals surface area contributed by atoms with Gasteiger partial charge in [-0.2, -0.15) is 0 Å². The van der Waals surface area contributed by atoms with E-state index in [0.29, 0.717) is 5.02 Å². The van der Waals surface area contributed by atoms with Crippen molar-refractivity contribution in [2.75, 3.05) is 0 Å². The highest BCUT2D eigenvalue weighted by molar-refractivity contribution is 6.32. The zero-order valence-corrected chi connectivity index (χ0v) is 9.93. The van der Waals surface area contributed by atoms with Crippen molar-refractivity contribution in [3.8, 4) is 0 Å². The molecule has 2 N–H and O–H groups in total. The first-order chi connectivity index (χ1) is 7.51. The fraction of sp³-hybridized carbons (Fsp3) is 0.250. The van der Waals surface area contributed by atoms with Gasteiger partial charge < -0.3 is 5.43 Å². The maximum Gasteiger partial charge on any atom is 0.249 e. The lowest BCUT2D eigenvalue weighted by molar-refractivity contribution is -0.125. The Labute approximate surface area is 99.5 Å². The van der Waals surface area contributed by atoms with E-state index in [9.17, 15) is 4.79 Å². The predicted octanol–water partition coefficient (Wildman–Crippen LogP) is 2.34. The molecular formula is C12H13ClN2O. The van der Waals surface area contributed by atoms with Crippen molar-refractivity contribution >= 4 is 23.6 Å². The van der Waals surface area contributed by atoms with Gasteiger partial charge in [-0.15, -0.1) is 0 Å². The van der Waals surface area contributed by atoms with Crippen LogP contribution in [-0.4, -0.2) is 5.91 Å². The Morgan fingerprint density at radius 3 is 2.50 bits per heavy atom. The first kappa shape index (κ1) is 11.0. The molecular weight excluding hydrogens is 224 g/mol. The number of halogens is 1. The van der Waals surface area contributed by atoms with Gasteiger partial charge in [0.2, 0.25) is 5.91 Å². The first-order valence-corrected chi connectivity index (χ1v) is 5.43. The van der Waals surface area contributed by atoms with Crippen LogP contribution < -0.4 is 10.9 Å². The van der Waals surface area contributed by atoms with Gasteiger partial charge in [0.1, 0.15) is 0 Å². The lowest BCUT2D eigenvalue weighted by atomic mass is 9.89. The number of hydrogen-bond donors (Lipinski definition) is 2. The predicted molar refractivity (Wildman–Crippen MR) is 64.5 cm³/mol. The third-order valence-electron chi connectivity index (χ3n) is 2.76. The van der Waals surface area contributed by atoms with Crippen LogP contribution in [0.1, 0.15) is 19.4 Å². The van der Waals surface area contributed by atoms with Crippen LogP contribution >= 0.6 is 11.6 Å². The Kier molecular flexibility index (Phi) is 2.64. The van der Waals surface area contributed by atoms with Gasteiger partial charge in [-0.1, -0.05) is 29.8 Å². The van der Waals surface area contributed by atoms with Gasteiger partial charge in [-0.3, -0.25) is 10.2 Å². The Morgan fingerprint density at radius 1 is 1.25 bits per heavy atom. The highest BCUT2D eigenvalue weighted by Crippen LogP contribution is 2.30. The van der Waals surface area contributed by atoms with Crippen molar-refractivity contribution < 1.29 is 4.79 Å². The summed E-state index contributed by atoms with van der Waals surface area (Å²) in [7, 11) is 0. The van der Waals surface area contributed by atoms with Crippen LogP contribution in [0.4, 0.5) is 0 Å². The largest absolute Gasteiger partial charge is 0.302 e. The Bertz CT molecular complexity index is 466. The Balaban J connectivity index is 2.40. The molecule has 0 saturated carbocycles. The molecule has 3 nitrogen and oxygen atoms in total. The normalized spacial score (nSPS) is 20.7. The number of nitrogens with one attached hydrogen (secondary N) is 2. The number of carbonyl (C=O) groups excluding carboxylic acids is 1. The molecule has 0 spiro atoms. The minimum absolute atomic E-state index is 0.0363. The zero-order chi connectivity index (χ0) is 11.8. The van der Waals surface area contributed by atoms with Crippen molar-refractivity contribution in [3.63, 3.8) is 0 Å². The minimum atomic E-state index is -0.542. The summed E-state index contributed by atoms with van der Waals surface area (Å²) in [5.74, 6) is -0.0363. The highest BCUT2D eigenvalue weighted by Gasteiger charge is 2.37. The van der Waals surface area contributed by atoms with Crippen LogP contribution in [0, 0.1) is 5.41 Å². The molecule has 0 aliphatic carbocycles. The monoisotopic (exact) mass is 236 g/mol. The fourth-order valence-corrected chi connectivity index (χ4v) is 1.71. The van der Waals surface area contributed by atoms with Gasteiger partial charge >= 0.3 is 0 Å². The highest BCUT2D eigenvalue weighted by atomic mass is 35.5. The number of rotatable bonds is 1. The van der Waals surface area contributed by atoms with Crippen molar-refractivity contribution in [1.29, 1.82) is 0 Å². The summed E-state index contributed by atoms with van der Waals surface area (Å²) in [5, 5.41) is 0.673. The number of carbonyl (C=O) groups is 1. The summed E-state index contributed by atoms with van der Waals surface area (Å²) >= 11 is 6.05. The quantitative estimate of drug-likeness (QED) is 0.786. The second-order valence-corrected chi connectivity index (χ2v) is 4.69. The molecule has 84 valence electrons. The maximum absolute atomic E-state index is 11.5. The molecule has 0 radical (unpaired) electrons. The third-order valence-corrected chi connectivity index (χ3v) is 3.10. The smallest absolute Gasteiger partial charge is 0.249 e. The van der Waals surface area contributed by atoms with E-state index >= 15 is 0 Å². The summed E-state index contributed by atoms with van der Waals surface area (Å²) < 4.78 is 0. The Morgan fingerprint density at radius 2 is 1.94 bits per heavy atom. The standard InChI is InChI=1S/C12H13ClN2O/c1-12(2)10(14-15-11(12)16)7-8-5-3-4-6-9(8)13/h3-7,14H,1-2H3,(H,15,16)/b10-7-. The lowest BCUT2D eigenvalue weighted by Crippen LogP contribution is -2.28. The van der Waals surface area contributed by atoms with E-state index in [-0.39, 0.29) is 5.91 Å². The second kappa shape index (κ2) is 3.83. The van der Waals surface area contributed by atoms with Crippen LogP contribution in [-0.2, 0) is 4.79 Å². The molecule has 2 rings (SSSR count). The summed E-state index contributed by atoms with van der Waals surface area (Å²) in [6.45, 7) is 3.73. The molecule has 1 aliphatic rings. The summed E-state index contributed by atoms with van der Waals surface area (Å²) in [4.78, 5) is 11.5. The molecule has 0 aromatic heterocycles. The average Bonchev–Trinajstić information content (AvgIpc) is 2.48. The van der Waals surface area contributed by atoms with Crippen molar-refractivity contribution in [2.45, 2.75) is 13.8 Å². The van der Waals surface area contributed by atoms with E-state index in [1.807, 2.05) is 44.2 Å². The van der Waals surface area contributed by atoms with E-state index in [4.69, 9.17) is 11.6 Å². The van der Waals surface area contributed by atoms with Gasteiger partial charge in [0, 0.05) is 10.7 Å². The van der Waals surface area contributed by atoms with Crippen LogP contribution in [0.15, 0.2) is 30.0 Å². The average molecular weight is 237 g/mol. The van der Waals surface area contributed by atoms with E-state index in [0.717, 1.165) is 11.3 Å². The van der Waals surface area contributed by atoms with E-state index in [2.05, 4.69) is 10.9 Å². The van der Waals surface area contributed by atoms with Crippen LogP contribution in [0.5, 0.6) is 0 Å². The molecule has 1 aromatic carbocycles. The van der Waals surface area contributed by atoms with Gasteiger partial charge in [-0.05, 0) is 31.6 Å². The maximum atomic E-state index is 11.5. The summed E-state index contributed by atoms with van der Waals surface area (Å²) in [6, 6.07) is 7.53. The topological polar surface area (TPSA) is 41.1 Å². The van der Waals surface area contributed by atoms with Crippen LogP contribution in [0.2, 0.25) is 5.02 Å². The molecule has 1 amide bonds. The SMILES string of the molecule is CC1(C)C(=O)NN/C1=C\c1ccccc1Cl. The van der Waals surface area contributed by atoms with Crippen molar-refractivity contribution in [2.24, 2.45) is 5.41 Å². The molecule has 1 heterocycles. The molecule has 1 saturated heterocycles. The number of benzene rings is 1.